The number of anilines is 6. The molecule has 628 valence electrons. The molecule has 0 bridgehead atoms. The summed E-state index contributed by atoms with van der Waals surface area (Å²) in [5.74, 6) is 1.53. The van der Waals surface area contributed by atoms with Gasteiger partial charge in [0.05, 0.1) is 27.4 Å². The van der Waals surface area contributed by atoms with Gasteiger partial charge in [-0.15, -0.1) is 0 Å². The number of carbonyl (C=O) groups excluding carboxylic acids is 6. The maximum atomic E-state index is 12.6. The number of nitrogens with one attached hydrogen (secondary N) is 7. The van der Waals surface area contributed by atoms with Crippen LogP contribution in [-0.4, -0.2) is 133 Å². The Morgan fingerprint density at radius 3 is 0.735 bits per heavy atom. The van der Waals surface area contributed by atoms with Gasteiger partial charge in [-0.25, -0.2) is 28.8 Å². The number of rotatable bonds is 42. The average Bonchev–Trinajstić information content (AvgIpc) is 0.859. The second-order valence-corrected chi connectivity index (χ2v) is 30.4. The number of hydrogen-bond acceptors (Lipinski definition) is 13. The normalized spacial score (nSPS) is 10.8. The SMILES string of the molecule is C.CC(C)N(C(=O)Nc1ccc(Cc2ccc(NC(=O)N(C(C)C)C(C)C)cc2)cc1)C(C)C.CC(C)NC(C)C.CCC(CCCCCO)CCCCCO.CCC(CCCCCOC(=O)Nc1ccc(Cc2ccc(NC(=O)OC)cc2)cc1)CCCCCOC(=O)Nc1ccc(Cc2ccc(NC(=O)OC)cc2)cc1. The number of hydrogen-bond donors (Lipinski definition) is 9. The Hall–Kier alpha value is -9.18. The highest BCUT2D eigenvalue weighted by molar-refractivity contribution is 5.91. The number of nitrogens with zero attached hydrogens (tertiary/aromatic N) is 2. The van der Waals surface area contributed by atoms with E-state index in [-0.39, 0.29) is 43.7 Å². The molecule has 0 atom stereocenters. The molecule has 0 aliphatic carbocycles. The first kappa shape index (κ1) is 99.9. The van der Waals surface area contributed by atoms with E-state index in [0.29, 0.717) is 67.2 Å². The number of aliphatic hydroxyl groups is 2. The lowest BCUT2D eigenvalue weighted by atomic mass is 9.93. The number of urea groups is 2. The highest BCUT2D eigenvalue weighted by atomic mass is 16.6. The van der Waals surface area contributed by atoms with Crippen LogP contribution in [0.25, 0.3) is 0 Å². The number of carbonyl (C=O) groups is 6. The van der Waals surface area contributed by atoms with Crippen molar-refractivity contribution in [1.82, 2.24) is 15.1 Å². The van der Waals surface area contributed by atoms with Gasteiger partial charge in [0.2, 0.25) is 0 Å². The predicted octanol–water partition coefficient (Wildman–Crippen LogP) is 22.9. The van der Waals surface area contributed by atoms with Gasteiger partial charge in [0.25, 0.3) is 0 Å². The molecular weight excluding hydrogens is 1420 g/mol. The van der Waals surface area contributed by atoms with Crippen LogP contribution < -0.4 is 37.2 Å². The fourth-order valence-corrected chi connectivity index (χ4v) is 13.1. The molecule has 0 radical (unpaired) electrons. The monoisotopic (exact) mass is 1570 g/mol. The van der Waals surface area contributed by atoms with Crippen LogP contribution in [0, 0.1) is 11.8 Å². The third-order valence-electron chi connectivity index (χ3n) is 18.8. The lowest BCUT2D eigenvalue weighted by molar-refractivity contribution is 0.158. The van der Waals surface area contributed by atoms with Crippen molar-refractivity contribution in [3.8, 4) is 0 Å². The Morgan fingerprint density at radius 2 is 0.540 bits per heavy atom. The zero-order chi connectivity index (χ0) is 82.6. The van der Waals surface area contributed by atoms with Gasteiger partial charge in [0.15, 0.2) is 0 Å². The minimum absolute atomic E-state index is 0. The minimum Gasteiger partial charge on any atom is -0.453 e. The number of amides is 8. The summed E-state index contributed by atoms with van der Waals surface area (Å²) < 4.78 is 20.0. The Kier molecular flexibility index (Phi) is 51.8. The van der Waals surface area contributed by atoms with Crippen LogP contribution in [0.15, 0.2) is 146 Å². The van der Waals surface area contributed by atoms with E-state index in [1.807, 2.05) is 211 Å². The molecule has 0 spiro atoms. The van der Waals surface area contributed by atoms with E-state index < -0.39 is 24.4 Å². The number of methoxy groups -OCH3 is 2. The topological polar surface area (TPSA) is 270 Å². The molecule has 0 saturated carbocycles. The van der Waals surface area contributed by atoms with Gasteiger partial charge in [-0.3, -0.25) is 21.3 Å². The lowest BCUT2D eigenvalue weighted by Gasteiger charge is -2.30. The summed E-state index contributed by atoms with van der Waals surface area (Å²) in [5, 5.41) is 37.5. The number of aliphatic hydroxyl groups excluding tert-OH is 2. The van der Waals surface area contributed by atoms with Crippen LogP contribution in [0.1, 0.15) is 253 Å². The molecule has 0 saturated heterocycles. The maximum absolute atomic E-state index is 12.6. The van der Waals surface area contributed by atoms with Crippen LogP contribution in [0.3, 0.4) is 0 Å². The smallest absolute Gasteiger partial charge is 0.411 e. The summed E-state index contributed by atoms with van der Waals surface area (Å²) in [6, 6.07) is 47.9. The van der Waals surface area contributed by atoms with E-state index in [9.17, 15) is 28.8 Å². The molecule has 0 aromatic heterocycles. The molecule has 113 heavy (non-hydrogen) atoms. The first-order valence-electron chi connectivity index (χ1n) is 41.0. The van der Waals surface area contributed by atoms with Crippen molar-refractivity contribution in [1.29, 1.82) is 0 Å². The third-order valence-corrected chi connectivity index (χ3v) is 18.8. The van der Waals surface area contributed by atoms with E-state index >= 15 is 0 Å². The summed E-state index contributed by atoms with van der Waals surface area (Å²) in [7, 11) is 2.65. The van der Waals surface area contributed by atoms with Crippen molar-refractivity contribution in [2.75, 3.05) is 72.5 Å². The molecule has 6 aromatic carbocycles. The average molecular weight is 1570 g/mol. The summed E-state index contributed by atoms with van der Waals surface area (Å²) in [4.78, 5) is 76.1. The number of unbranched alkanes of at least 4 members (excludes halogenated alkanes) is 8. The van der Waals surface area contributed by atoms with E-state index in [4.69, 9.17) is 19.7 Å². The van der Waals surface area contributed by atoms with Crippen molar-refractivity contribution >= 4 is 70.6 Å². The van der Waals surface area contributed by atoms with E-state index in [1.165, 1.54) is 59.2 Å². The van der Waals surface area contributed by atoms with E-state index in [1.54, 1.807) is 0 Å². The van der Waals surface area contributed by atoms with Gasteiger partial charge in [0, 0.05) is 83.6 Å². The molecule has 6 aromatic rings. The Labute approximate surface area is 679 Å². The molecule has 21 heteroatoms. The predicted molar refractivity (Wildman–Crippen MR) is 467 cm³/mol. The molecular formula is C92H143N9O12. The van der Waals surface area contributed by atoms with Gasteiger partial charge in [0.1, 0.15) is 0 Å². The molecule has 0 fully saturated rings. The summed E-state index contributed by atoms with van der Waals surface area (Å²) in [6.45, 7) is 30.7. The molecule has 0 aliphatic rings. The van der Waals surface area contributed by atoms with Crippen LogP contribution >= 0.6 is 0 Å². The molecule has 9 N–H and O–H groups in total. The highest BCUT2D eigenvalue weighted by Gasteiger charge is 2.22. The van der Waals surface area contributed by atoms with Crippen LogP contribution in [0.5, 0.6) is 0 Å². The maximum Gasteiger partial charge on any atom is 0.411 e. The molecule has 8 amide bonds. The van der Waals surface area contributed by atoms with Gasteiger partial charge < -0.3 is 54.9 Å². The molecule has 0 aliphatic heterocycles. The quantitative estimate of drug-likeness (QED) is 0.0128. The van der Waals surface area contributed by atoms with Crippen LogP contribution in [-0.2, 0) is 38.2 Å². The fourth-order valence-electron chi connectivity index (χ4n) is 13.1. The van der Waals surface area contributed by atoms with Crippen molar-refractivity contribution in [2.24, 2.45) is 11.8 Å². The third kappa shape index (κ3) is 44.8. The van der Waals surface area contributed by atoms with Crippen molar-refractivity contribution in [3.05, 3.63) is 179 Å². The Bertz CT molecular complexity index is 3280. The van der Waals surface area contributed by atoms with E-state index in [2.05, 4.69) is 88.2 Å². The molecule has 21 nitrogen and oxygen atoms in total. The summed E-state index contributed by atoms with van der Waals surface area (Å²) >= 11 is 0. The minimum atomic E-state index is -0.506. The van der Waals surface area contributed by atoms with Crippen LogP contribution in [0.2, 0.25) is 0 Å². The molecule has 0 unspecified atom stereocenters. The Morgan fingerprint density at radius 1 is 0.319 bits per heavy atom. The number of ether oxygens (including phenoxy) is 4. The van der Waals surface area contributed by atoms with E-state index in [0.717, 1.165) is 141 Å². The second-order valence-electron chi connectivity index (χ2n) is 30.4. The van der Waals surface area contributed by atoms with Crippen molar-refractivity contribution in [3.63, 3.8) is 0 Å². The van der Waals surface area contributed by atoms with Crippen molar-refractivity contribution in [2.45, 2.75) is 275 Å². The number of benzene rings is 6. The first-order chi connectivity index (χ1) is 53.7. The zero-order valence-electron chi connectivity index (χ0n) is 70.5. The van der Waals surface area contributed by atoms with Gasteiger partial charge >= 0.3 is 36.4 Å². The Balaban J connectivity index is 0.000000644. The van der Waals surface area contributed by atoms with Gasteiger partial charge in [-0.1, -0.05) is 212 Å². The second kappa shape index (κ2) is 58.6. The van der Waals surface area contributed by atoms with Crippen LogP contribution in [0.4, 0.5) is 62.9 Å². The largest absolute Gasteiger partial charge is 0.453 e. The summed E-state index contributed by atoms with van der Waals surface area (Å²) in [5.41, 5.74) is 10.9. The summed E-state index contributed by atoms with van der Waals surface area (Å²) in [6.07, 6.45) is 20.3. The molecule has 6 rings (SSSR count). The van der Waals surface area contributed by atoms with Gasteiger partial charge in [-0.05, 0) is 218 Å². The zero-order valence-corrected chi connectivity index (χ0v) is 70.5. The fraction of sp³-hybridized carbons (Fsp3) is 0.543. The first-order valence-corrected chi connectivity index (χ1v) is 41.0. The highest BCUT2D eigenvalue weighted by Crippen LogP contribution is 2.25. The molecule has 0 heterocycles. The lowest BCUT2D eigenvalue weighted by Crippen LogP contribution is -2.44. The van der Waals surface area contributed by atoms with Gasteiger partial charge in [-0.2, -0.15) is 0 Å². The standard InChI is InChI=1S/C45H56N4O8.C27H40N4O2.C13H28O2.C6H15N.CH4/c1-4-33(11-7-5-9-29-56-44(52)48-40-25-17-36(18-26-40)31-34-13-21-38(22-14-34)46-42(50)54-2)12-8-6-10-30-57-45(53)49-41-27-19-37(20-28-41)32-35-15-23-39(24-16-35)47-43(51)55-3;1-18(2)30(19(3)4)26(32)28-24-13-9-22(10-14-24)17-23-11-15-25(16-12-23)29-27(33)31(20(5)6)21(7)8;1-2-13(9-5-3-7-11-14)10-6-4-8-12-15;1-5(2)7-6(3)4;/h13-28,33H,4-12,29-32H2,1-3H3,(H,46,50)(H,47,51)(H,48,52)(H,49,53);9-16,18-21H,17H2,1-8H3,(H,28,32)(H,29,33);13-15H,2-12H2,1H3;5-7H,1-4H3;1H4. The van der Waals surface area contributed by atoms with Crippen molar-refractivity contribution < 1.29 is 57.9 Å².